The zero-order valence-electron chi connectivity index (χ0n) is 10.2. The Bertz CT molecular complexity index is 144. The van der Waals surface area contributed by atoms with Crippen LogP contribution in [0.2, 0.25) is 0 Å². The summed E-state index contributed by atoms with van der Waals surface area (Å²) in [7, 11) is 0. The average Bonchev–Trinajstić information content (AvgIpc) is 2.26. The number of hydrogen-bond acceptors (Lipinski definition) is 1. The van der Waals surface area contributed by atoms with Gasteiger partial charge in [0, 0.05) is 6.04 Å². The summed E-state index contributed by atoms with van der Waals surface area (Å²) in [4.78, 5) is 0. The van der Waals surface area contributed by atoms with E-state index in [2.05, 4.69) is 26.1 Å². The molecule has 0 bridgehead atoms. The Morgan fingerprint density at radius 3 is 2.71 bits per heavy atom. The lowest BCUT2D eigenvalue weighted by Crippen LogP contribution is -2.36. The molecule has 1 N–H and O–H groups in total. The molecule has 1 rings (SSSR count). The molecule has 0 saturated heterocycles. The Labute approximate surface area is 89.7 Å². The molecule has 3 atom stereocenters. The molecule has 0 radical (unpaired) electrons. The molecule has 84 valence electrons. The van der Waals surface area contributed by atoms with Crippen molar-refractivity contribution in [1.29, 1.82) is 0 Å². The molecule has 14 heavy (non-hydrogen) atoms. The maximum absolute atomic E-state index is 3.65. The van der Waals surface area contributed by atoms with Gasteiger partial charge < -0.3 is 5.32 Å². The molecule has 0 spiro atoms. The fraction of sp³-hybridized carbons (Fsp3) is 1.00. The van der Waals surface area contributed by atoms with E-state index in [4.69, 9.17) is 0 Å². The van der Waals surface area contributed by atoms with Crippen LogP contribution in [0.15, 0.2) is 0 Å². The van der Waals surface area contributed by atoms with Gasteiger partial charge in [0.25, 0.3) is 0 Å². The summed E-state index contributed by atoms with van der Waals surface area (Å²) in [5.74, 6) is 1.96. The minimum atomic E-state index is 0.740. The molecule has 0 aromatic heterocycles. The molecule has 0 amide bonds. The van der Waals surface area contributed by atoms with Gasteiger partial charge >= 0.3 is 0 Å². The zero-order valence-corrected chi connectivity index (χ0v) is 10.2. The van der Waals surface area contributed by atoms with Gasteiger partial charge in [0.1, 0.15) is 0 Å². The minimum absolute atomic E-state index is 0.740. The summed E-state index contributed by atoms with van der Waals surface area (Å²) in [6.07, 6.45) is 8.50. The van der Waals surface area contributed by atoms with Gasteiger partial charge in [-0.1, -0.05) is 33.1 Å². The van der Waals surface area contributed by atoms with Gasteiger partial charge in [0.2, 0.25) is 0 Å². The van der Waals surface area contributed by atoms with Crippen LogP contribution in [0.3, 0.4) is 0 Å². The van der Waals surface area contributed by atoms with Crippen molar-refractivity contribution in [2.45, 2.75) is 65.3 Å². The third kappa shape index (κ3) is 3.61. The van der Waals surface area contributed by atoms with E-state index in [0.717, 1.165) is 17.9 Å². The van der Waals surface area contributed by atoms with E-state index >= 15 is 0 Å². The Morgan fingerprint density at radius 1 is 1.29 bits per heavy atom. The maximum Gasteiger partial charge on any atom is 0.00670 e. The van der Waals surface area contributed by atoms with Crippen molar-refractivity contribution < 1.29 is 0 Å². The van der Waals surface area contributed by atoms with E-state index in [1.54, 1.807) is 0 Å². The Hall–Kier alpha value is -0.0400. The topological polar surface area (TPSA) is 12.0 Å². The highest BCUT2D eigenvalue weighted by atomic mass is 14.9. The predicted octanol–water partition coefficient (Wildman–Crippen LogP) is 3.59. The van der Waals surface area contributed by atoms with E-state index in [1.807, 2.05) is 0 Å². The van der Waals surface area contributed by atoms with E-state index in [1.165, 1.54) is 45.1 Å². The fourth-order valence-electron chi connectivity index (χ4n) is 2.70. The highest BCUT2D eigenvalue weighted by Crippen LogP contribution is 2.32. The molecule has 1 fully saturated rings. The van der Waals surface area contributed by atoms with Gasteiger partial charge in [-0.15, -0.1) is 0 Å². The molecule has 1 aliphatic carbocycles. The molecule has 1 aliphatic rings. The van der Waals surface area contributed by atoms with E-state index in [-0.39, 0.29) is 0 Å². The van der Waals surface area contributed by atoms with Crippen LogP contribution in [0.1, 0.15) is 59.3 Å². The van der Waals surface area contributed by atoms with E-state index in [9.17, 15) is 0 Å². The first-order valence-electron chi connectivity index (χ1n) is 6.51. The lowest BCUT2D eigenvalue weighted by Gasteiger charge is -2.33. The first-order chi connectivity index (χ1) is 6.77. The first kappa shape index (κ1) is 12.0. The van der Waals surface area contributed by atoms with Crippen molar-refractivity contribution in [2.24, 2.45) is 11.8 Å². The molecule has 1 saturated carbocycles. The third-order valence-electron chi connectivity index (χ3n) is 3.82. The zero-order chi connectivity index (χ0) is 10.4. The Balaban J connectivity index is 2.27. The molecular weight excluding hydrogens is 170 g/mol. The lowest BCUT2D eigenvalue weighted by molar-refractivity contribution is 0.216. The minimum Gasteiger partial charge on any atom is -0.314 e. The Kier molecular flexibility index (Phi) is 5.54. The van der Waals surface area contributed by atoms with Gasteiger partial charge in [-0.3, -0.25) is 0 Å². The first-order valence-corrected chi connectivity index (χ1v) is 6.51. The van der Waals surface area contributed by atoms with Gasteiger partial charge in [0.05, 0.1) is 0 Å². The molecule has 0 heterocycles. The highest BCUT2D eigenvalue weighted by molar-refractivity contribution is 4.79. The van der Waals surface area contributed by atoms with Crippen LogP contribution in [0.25, 0.3) is 0 Å². The van der Waals surface area contributed by atoms with Crippen molar-refractivity contribution in [3.8, 4) is 0 Å². The van der Waals surface area contributed by atoms with Crippen LogP contribution in [0, 0.1) is 11.8 Å². The monoisotopic (exact) mass is 197 g/mol. The SMILES string of the molecule is CCCNC(C)C1CCCC(CC)C1. The summed E-state index contributed by atoms with van der Waals surface area (Å²) in [6.45, 7) is 8.15. The second-order valence-corrected chi connectivity index (χ2v) is 4.94. The quantitative estimate of drug-likeness (QED) is 0.710. The van der Waals surface area contributed by atoms with Crippen molar-refractivity contribution in [3.05, 3.63) is 0 Å². The molecule has 1 nitrogen and oxygen atoms in total. The Morgan fingerprint density at radius 2 is 2.07 bits per heavy atom. The number of rotatable bonds is 5. The van der Waals surface area contributed by atoms with Crippen LogP contribution in [-0.2, 0) is 0 Å². The summed E-state index contributed by atoms with van der Waals surface area (Å²) in [5, 5.41) is 3.65. The second-order valence-electron chi connectivity index (χ2n) is 4.94. The van der Waals surface area contributed by atoms with Gasteiger partial charge in [0.15, 0.2) is 0 Å². The van der Waals surface area contributed by atoms with Crippen molar-refractivity contribution in [3.63, 3.8) is 0 Å². The second kappa shape index (κ2) is 6.44. The smallest absolute Gasteiger partial charge is 0.00670 e. The van der Waals surface area contributed by atoms with Gasteiger partial charge in [-0.2, -0.15) is 0 Å². The fourth-order valence-corrected chi connectivity index (χ4v) is 2.70. The van der Waals surface area contributed by atoms with Crippen LogP contribution < -0.4 is 5.32 Å². The normalized spacial score (nSPS) is 30.2. The summed E-state index contributed by atoms with van der Waals surface area (Å²) in [6, 6.07) is 0.740. The standard InChI is InChI=1S/C13H27N/c1-4-9-14-11(3)13-8-6-7-12(5-2)10-13/h11-14H,4-10H2,1-3H3. The van der Waals surface area contributed by atoms with E-state index < -0.39 is 0 Å². The van der Waals surface area contributed by atoms with E-state index in [0.29, 0.717) is 0 Å². The third-order valence-corrected chi connectivity index (χ3v) is 3.82. The summed E-state index contributed by atoms with van der Waals surface area (Å²) >= 11 is 0. The molecule has 3 unspecified atom stereocenters. The van der Waals surface area contributed by atoms with Gasteiger partial charge in [-0.05, 0) is 44.6 Å². The van der Waals surface area contributed by atoms with Crippen molar-refractivity contribution in [2.75, 3.05) is 6.54 Å². The molecule has 0 aliphatic heterocycles. The van der Waals surface area contributed by atoms with Gasteiger partial charge in [-0.25, -0.2) is 0 Å². The number of nitrogens with one attached hydrogen (secondary N) is 1. The van der Waals surface area contributed by atoms with Crippen molar-refractivity contribution in [1.82, 2.24) is 5.32 Å². The molecule has 0 aromatic rings. The summed E-state index contributed by atoms with van der Waals surface area (Å²) in [5.41, 5.74) is 0. The van der Waals surface area contributed by atoms with Crippen LogP contribution in [0.4, 0.5) is 0 Å². The van der Waals surface area contributed by atoms with Crippen LogP contribution in [-0.4, -0.2) is 12.6 Å². The van der Waals surface area contributed by atoms with Crippen LogP contribution in [0.5, 0.6) is 0 Å². The van der Waals surface area contributed by atoms with Crippen LogP contribution >= 0.6 is 0 Å². The molecular formula is C13H27N. The highest BCUT2D eigenvalue weighted by Gasteiger charge is 2.24. The van der Waals surface area contributed by atoms with Crippen molar-refractivity contribution >= 4 is 0 Å². The summed E-state index contributed by atoms with van der Waals surface area (Å²) < 4.78 is 0. The molecule has 0 aromatic carbocycles. The number of hydrogen-bond donors (Lipinski definition) is 1. The maximum atomic E-state index is 3.65. The predicted molar refractivity (Wildman–Crippen MR) is 63.5 cm³/mol. The lowest BCUT2D eigenvalue weighted by atomic mass is 9.77. The largest absolute Gasteiger partial charge is 0.314 e. The average molecular weight is 197 g/mol. The molecule has 1 heteroatoms.